The molecule has 1 N–H and O–H groups in total. The summed E-state index contributed by atoms with van der Waals surface area (Å²) in [7, 11) is 0. The highest BCUT2D eigenvalue weighted by Gasteiger charge is 2.13. The Labute approximate surface area is 154 Å². The highest BCUT2D eigenvalue weighted by molar-refractivity contribution is 9.10. The zero-order valence-corrected chi connectivity index (χ0v) is 15.3. The number of rotatable bonds is 5. The first-order valence-electron chi connectivity index (χ1n) is 7.43. The number of halogens is 1. The molecular weight excluding hydrogens is 386 g/mol. The Balaban J connectivity index is 1.74. The number of hydrogen-bond acceptors (Lipinski definition) is 3. The van der Waals surface area contributed by atoms with Gasteiger partial charge < -0.3 is 14.6 Å². The van der Waals surface area contributed by atoms with Gasteiger partial charge in [-0.1, -0.05) is 15.9 Å². The predicted octanol–water partition coefficient (Wildman–Crippen LogP) is 4.84. The lowest BCUT2D eigenvalue weighted by Crippen LogP contribution is -2.33. The topological polar surface area (TPSA) is 41.3 Å². The summed E-state index contributed by atoms with van der Waals surface area (Å²) in [5.74, 6) is 0.865. The molecule has 0 saturated carbocycles. The van der Waals surface area contributed by atoms with Gasteiger partial charge in [-0.05, 0) is 66.3 Å². The fourth-order valence-corrected chi connectivity index (χ4v) is 2.75. The van der Waals surface area contributed by atoms with Gasteiger partial charge in [0.2, 0.25) is 0 Å². The third-order valence-electron chi connectivity index (χ3n) is 3.43. The third kappa shape index (κ3) is 4.66. The summed E-state index contributed by atoms with van der Waals surface area (Å²) in [6.45, 7) is 1.27. The van der Waals surface area contributed by atoms with E-state index in [1.807, 2.05) is 48.5 Å². The van der Waals surface area contributed by atoms with E-state index in [1.54, 1.807) is 18.7 Å². The third-order valence-corrected chi connectivity index (χ3v) is 4.32. The average Bonchev–Trinajstić information content (AvgIpc) is 3.10. The Morgan fingerprint density at radius 2 is 1.83 bits per heavy atom. The molecule has 2 heterocycles. The van der Waals surface area contributed by atoms with Crippen molar-refractivity contribution in [1.29, 1.82) is 0 Å². The molecular formula is C18H16BrN3OS. The maximum absolute atomic E-state index is 5.61. The molecule has 0 radical (unpaired) electrons. The molecule has 0 aliphatic rings. The molecule has 1 aromatic carbocycles. The summed E-state index contributed by atoms with van der Waals surface area (Å²) in [4.78, 5) is 6.12. The van der Waals surface area contributed by atoms with E-state index in [-0.39, 0.29) is 0 Å². The van der Waals surface area contributed by atoms with E-state index in [1.165, 1.54) is 0 Å². The van der Waals surface area contributed by atoms with Crippen molar-refractivity contribution in [2.45, 2.75) is 13.1 Å². The summed E-state index contributed by atoms with van der Waals surface area (Å²) < 4.78 is 6.50. The van der Waals surface area contributed by atoms with Crippen LogP contribution < -0.4 is 5.32 Å². The highest BCUT2D eigenvalue weighted by atomic mass is 79.9. The smallest absolute Gasteiger partial charge is 0.174 e. The van der Waals surface area contributed by atoms with Crippen molar-refractivity contribution >= 4 is 38.9 Å². The number of anilines is 1. The lowest BCUT2D eigenvalue weighted by atomic mass is 10.2. The summed E-state index contributed by atoms with van der Waals surface area (Å²) >= 11 is 9.04. The predicted molar refractivity (Wildman–Crippen MR) is 103 cm³/mol. The van der Waals surface area contributed by atoms with E-state index < -0.39 is 0 Å². The average molecular weight is 402 g/mol. The van der Waals surface area contributed by atoms with Crippen molar-refractivity contribution in [2.24, 2.45) is 0 Å². The van der Waals surface area contributed by atoms with Crippen molar-refractivity contribution in [3.8, 4) is 0 Å². The molecule has 6 heteroatoms. The van der Waals surface area contributed by atoms with Gasteiger partial charge >= 0.3 is 0 Å². The molecule has 0 bridgehead atoms. The van der Waals surface area contributed by atoms with Crippen LogP contribution in [0.25, 0.3) is 0 Å². The van der Waals surface area contributed by atoms with Gasteiger partial charge in [0.05, 0.1) is 12.8 Å². The number of pyridine rings is 1. The minimum absolute atomic E-state index is 0.595. The Morgan fingerprint density at radius 1 is 1.08 bits per heavy atom. The quantitative estimate of drug-likeness (QED) is 0.619. The normalized spacial score (nSPS) is 10.4. The first kappa shape index (κ1) is 16.7. The van der Waals surface area contributed by atoms with E-state index in [0.717, 1.165) is 21.5 Å². The number of nitrogens with zero attached hydrogens (tertiary/aromatic N) is 2. The van der Waals surface area contributed by atoms with Crippen LogP contribution in [0.5, 0.6) is 0 Å². The van der Waals surface area contributed by atoms with Crippen molar-refractivity contribution in [3.05, 3.63) is 83.0 Å². The maximum atomic E-state index is 5.61. The van der Waals surface area contributed by atoms with Crippen LogP contribution in [-0.2, 0) is 13.1 Å². The zero-order chi connectivity index (χ0) is 16.8. The number of furan rings is 1. The van der Waals surface area contributed by atoms with Crippen molar-refractivity contribution in [1.82, 2.24) is 9.88 Å². The second kappa shape index (κ2) is 8.08. The Hall–Kier alpha value is -2.18. The van der Waals surface area contributed by atoms with E-state index in [4.69, 9.17) is 16.6 Å². The second-order valence-electron chi connectivity index (χ2n) is 5.23. The fraction of sp³-hybridized carbons (Fsp3) is 0.111. The fourth-order valence-electron chi connectivity index (χ4n) is 2.23. The van der Waals surface area contributed by atoms with E-state index in [0.29, 0.717) is 18.2 Å². The molecule has 0 aliphatic carbocycles. The van der Waals surface area contributed by atoms with Crippen molar-refractivity contribution in [3.63, 3.8) is 0 Å². The van der Waals surface area contributed by atoms with Crippen LogP contribution in [0.1, 0.15) is 11.3 Å². The molecule has 0 saturated heterocycles. The van der Waals surface area contributed by atoms with Crippen LogP contribution >= 0.6 is 28.1 Å². The first-order valence-corrected chi connectivity index (χ1v) is 8.63. The molecule has 0 fully saturated rings. The van der Waals surface area contributed by atoms with Crippen LogP contribution in [0.3, 0.4) is 0 Å². The van der Waals surface area contributed by atoms with Gasteiger partial charge in [0.1, 0.15) is 5.76 Å². The largest absolute Gasteiger partial charge is 0.467 e. The lowest BCUT2D eigenvalue weighted by molar-refractivity contribution is 0.360. The Morgan fingerprint density at radius 3 is 2.50 bits per heavy atom. The summed E-state index contributed by atoms with van der Waals surface area (Å²) in [6, 6.07) is 15.7. The molecule has 0 amide bonds. The number of aromatic nitrogens is 1. The molecule has 122 valence electrons. The first-order chi connectivity index (χ1) is 11.7. The molecule has 0 atom stereocenters. The number of thiocarbonyl (C=S) groups is 1. The molecule has 0 spiro atoms. The van der Waals surface area contributed by atoms with E-state index in [9.17, 15) is 0 Å². The van der Waals surface area contributed by atoms with E-state index >= 15 is 0 Å². The molecule has 3 aromatic rings. The number of nitrogens with one attached hydrogen (secondary N) is 1. The molecule has 3 rings (SSSR count). The van der Waals surface area contributed by atoms with Gasteiger partial charge in [-0.15, -0.1) is 0 Å². The lowest BCUT2D eigenvalue weighted by Gasteiger charge is -2.25. The van der Waals surface area contributed by atoms with Crippen molar-refractivity contribution < 1.29 is 4.42 Å². The molecule has 4 nitrogen and oxygen atoms in total. The van der Waals surface area contributed by atoms with Crippen LogP contribution in [0.15, 0.2) is 76.1 Å². The Kier molecular flexibility index (Phi) is 5.61. The van der Waals surface area contributed by atoms with Gasteiger partial charge in [0.15, 0.2) is 5.11 Å². The number of benzene rings is 1. The van der Waals surface area contributed by atoms with Crippen LogP contribution in [0.2, 0.25) is 0 Å². The number of hydrogen-bond donors (Lipinski definition) is 1. The molecule has 24 heavy (non-hydrogen) atoms. The summed E-state index contributed by atoms with van der Waals surface area (Å²) in [5.41, 5.74) is 2.08. The molecule has 2 aromatic heterocycles. The Bertz CT molecular complexity index is 776. The minimum atomic E-state index is 0.595. The van der Waals surface area contributed by atoms with Crippen molar-refractivity contribution in [2.75, 3.05) is 5.32 Å². The van der Waals surface area contributed by atoms with E-state index in [2.05, 4.69) is 31.1 Å². The van der Waals surface area contributed by atoms with Crippen LogP contribution in [0.4, 0.5) is 5.69 Å². The standard InChI is InChI=1S/C18H16BrN3OS/c19-15-3-5-16(6-4-15)21-18(24)22(13-17-2-1-11-23-17)12-14-7-9-20-10-8-14/h1-11H,12-13H2,(H,21,24). The van der Waals surface area contributed by atoms with Gasteiger partial charge in [0, 0.05) is 29.1 Å². The highest BCUT2D eigenvalue weighted by Crippen LogP contribution is 2.16. The molecule has 0 unspecified atom stereocenters. The zero-order valence-electron chi connectivity index (χ0n) is 12.9. The minimum Gasteiger partial charge on any atom is -0.467 e. The van der Waals surface area contributed by atoms with Crippen LogP contribution in [0, 0.1) is 0 Å². The van der Waals surface area contributed by atoms with Gasteiger partial charge in [-0.3, -0.25) is 4.98 Å². The summed E-state index contributed by atoms with van der Waals surface area (Å²) in [6.07, 6.45) is 5.24. The second-order valence-corrected chi connectivity index (χ2v) is 6.53. The van der Waals surface area contributed by atoms with Crippen LogP contribution in [-0.4, -0.2) is 15.0 Å². The summed E-state index contributed by atoms with van der Waals surface area (Å²) in [5, 5.41) is 3.93. The van der Waals surface area contributed by atoms with Gasteiger partial charge in [0.25, 0.3) is 0 Å². The van der Waals surface area contributed by atoms with Gasteiger partial charge in [-0.2, -0.15) is 0 Å². The monoisotopic (exact) mass is 401 g/mol. The van der Waals surface area contributed by atoms with Gasteiger partial charge in [-0.25, -0.2) is 0 Å². The molecule has 0 aliphatic heterocycles. The SMILES string of the molecule is S=C(Nc1ccc(Br)cc1)N(Cc1ccncc1)Cc1ccco1. The maximum Gasteiger partial charge on any atom is 0.174 e.